The average molecular weight is 389 g/mol. The van der Waals surface area contributed by atoms with Crippen LogP contribution in [-0.4, -0.2) is 29.5 Å². The molecule has 2 atom stereocenters. The molecule has 4 heteroatoms. The molecule has 1 fully saturated rings. The standard InChI is InChI=1S/C25H27NO3/c1-2-11-22(17-10-9-14-20-12-5-3-6-13-20)24(27)26-23(19-29-25(26)28)18-21-15-7-4-8-16-21/h2-9,12-16,22-23H,1,10-11,17-19H2/b14-9+/t22-,23-/m0/s1. The number of amides is 2. The third kappa shape index (κ3) is 5.67. The van der Waals surface area contributed by atoms with E-state index in [2.05, 4.69) is 18.7 Å². The zero-order valence-corrected chi connectivity index (χ0v) is 16.6. The van der Waals surface area contributed by atoms with Crippen LogP contribution in [0.2, 0.25) is 0 Å². The monoisotopic (exact) mass is 389 g/mol. The second kappa shape index (κ2) is 10.4. The van der Waals surface area contributed by atoms with Crippen LogP contribution in [0.15, 0.2) is 79.4 Å². The predicted octanol–water partition coefficient (Wildman–Crippen LogP) is 5.26. The second-order valence-electron chi connectivity index (χ2n) is 7.24. The minimum atomic E-state index is -0.537. The Labute approximate surface area is 172 Å². The highest BCUT2D eigenvalue weighted by Crippen LogP contribution is 2.24. The van der Waals surface area contributed by atoms with Gasteiger partial charge in [-0.05, 0) is 36.8 Å². The quantitative estimate of drug-likeness (QED) is 0.550. The molecule has 150 valence electrons. The third-order valence-corrected chi connectivity index (χ3v) is 5.10. The molecular formula is C25H27NO3. The molecule has 0 bridgehead atoms. The van der Waals surface area contributed by atoms with E-state index in [1.54, 1.807) is 6.08 Å². The molecule has 1 aliphatic heterocycles. The van der Waals surface area contributed by atoms with Gasteiger partial charge in [0.05, 0.1) is 6.04 Å². The lowest BCUT2D eigenvalue weighted by Gasteiger charge is -2.24. The number of rotatable bonds is 9. The largest absolute Gasteiger partial charge is 0.447 e. The van der Waals surface area contributed by atoms with Crippen molar-refractivity contribution in [3.8, 4) is 0 Å². The van der Waals surface area contributed by atoms with Crippen molar-refractivity contribution in [1.29, 1.82) is 0 Å². The van der Waals surface area contributed by atoms with E-state index < -0.39 is 6.09 Å². The van der Waals surface area contributed by atoms with Gasteiger partial charge in [-0.2, -0.15) is 0 Å². The number of cyclic esters (lactones) is 1. The maximum atomic E-state index is 13.2. The Kier molecular flexibility index (Phi) is 7.40. The predicted molar refractivity (Wildman–Crippen MR) is 115 cm³/mol. The molecule has 29 heavy (non-hydrogen) atoms. The summed E-state index contributed by atoms with van der Waals surface area (Å²) in [5.41, 5.74) is 2.21. The van der Waals surface area contributed by atoms with Crippen molar-refractivity contribution in [3.05, 3.63) is 90.5 Å². The molecule has 0 saturated carbocycles. The Balaban J connectivity index is 1.63. The summed E-state index contributed by atoms with van der Waals surface area (Å²) in [6, 6.07) is 19.7. The first-order chi connectivity index (χ1) is 14.2. The number of imide groups is 1. The van der Waals surface area contributed by atoms with Crippen molar-refractivity contribution in [3.63, 3.8) is 0 Å². The van der Waals surface area contributed by atoms with E-state index in [9.17, 15) is 9.59 Å². The highest BCUT2D eigenvalue weighted by atomic mass is 16.6. The molecule has 2 aromatic carbocycles. The fraction of sp³-hybridized carbons (Fsp3) is 0.280. The Morgan fingerprint density at radius 1 is 1.14 bits per heavy atom. The van der Waals surface area contributed by atoms with Crippen LogP contribution in [0.1, 0.15) is 30.4 Å². The minimum Gasteiger partial charge on any atom is -0.447 e. The smallest absolute Gasteiger partial charge is 0.416 e. The van der Waals surface area contributed by atoms with Gasteiger partial charge in [0.1, 0.15) is 6.61 Å². The molecule has 1 saturated heterocycles. The Bertz CT molecular complexity index is 845. The average Bonchev–Trinajstić information content (AvgIpc) is 3.11. The maximum absolute atomic E-state index is 13.2. The highest BCUT2D eigenvalue weighted by Gasteiger charge is 2.40. The summed E-state index contributed by atoms with van der Waals surface area (Å²) in [6.45, 7) is 4.03. The molecule has 0 aliphatic carbocycles. The maximum Gasteiger partial charge on any atom is 0.416 e. The van der Waals surface area contributed by atoms with E-state index >= 15 is 0 Å². The van der Waals surface area contributed by atoms with E-state index in [1.807, 2.05) is 60.7 Å². The molecule has 0 radical (unpaired) electrons. The molecule has 2 amide bonds. The second-order valence-corrected chi connectivity index (χ2v) is 7.24. The first-order valence-electron chi connectivity index (χ1n) is 10.0. The number of benzene rings is 2. The minimum absolute atomic E-state index is 0.165. The van der Waals surface area contributed by atoms with Crippen LogP contribution >= 0.6 is 0 Å². The highest BCUT2D eigenvalue weighted by molar-refractivity contribution is 5.94. The summed E-state index contributed by atoms with van der Waals surface area (Å²) in [5, 5.41) is 0. The van der Waals surface area contributed by atoms with Gasteiger partial charge in [-0.15, -0.1) is 6.58 Å². The Hall–Kier alpha value is -3.14. The Morgan fingerprint density at radius 2 is 1.83 bits per heavy atom. The lowest BCUT2D eigenvalue weighted by molar-refractivity contribution is -0.133. The van der Waals surface area contributed by atoms with Gasteiger partial charge in [0.25, 0.3) is 0 Å². The zero-order valence-electron chi connectivity index (χ0n) is 16.6. The van der Waals surface area contributed by atoms with E-state index in [0.29, 0.717) is 19.3 Å². The number of hydrogen-bond donors (Lipinski definition) is 0. The number of nitrogens with zero attached hydrogens (tertiary/aromatic N) is 1. The summed E-state index contributed by atoms with van der Waals surface area (Å²) in [4.78, 5) is 26.8. The lowest BCUT2D eigenvalue weighted by Crippen LogP contribution is -2.43. The van der Waals surface area contributed by atoms with Crippen molar-refractivity contribution in [2.24, 2.45) is 5.92 Å². The van der Waals surface area contributed by atoms with Gasteiger partial charge in [-0.25, -0.2) is 9.69 Å². The molecule has 0 N–H and O–H groups in total. The first-order valence-corrected chi connectivity index (χ1v) is 10.0. The van der Waals surface area contributed by atoms with Crippen molar-refractivity contribution in [1.82, 2.24) is 4.90 Å². The van der Waals surface area contributed by atoms with Gasteiger partial charge < -0.3 is 4.74 Å². The van der Waals surface area contributed by atoms with Gasteiger partial charge in [-0.1, -0.05) is 78.9 Å². The normalized spacial score (nSPS) is 17.3. The number of carbonyl (C=O) groups is 2. The number of ether oxygens (including phenoxy) is 1. The summed E-state index contributed by atoms with van der Waals surface area (Å²) in [5.74, 6) is -0.446. The number of carbonyl (C=O) groups excluding carboxylic acids is 2. The fourth-order valence-corrected chi connectivity index (χ4v) is 3.59. The SMILES string of the molecule is C=CC[C@@H](CC/C=C/c1ccccc1)C(=O)N1C(=O)OC[C@@H]1Cc1ccccc1. The van der Waals surface area contributed by atoms with E-state index in [4.69, 9.17) is 4.74 Å². The lowest BCUT2D eigenvalue weighted by atomic mass is 9.96. The first kappa shape index (κ1) is 20.6. The zero-order chi connectivity index (χ0) is 20.5. The van der Waals surface area contributed by atoms with Gasteiger partial charge in [0, 0.05) is 5.92 Å². The summed E-state index contributed by atoms with van der Waals surface area (Å²) in [6.07, 6.45) is 7.90. The third-order valence-electron chi connectivity index (χ3n) is 5.10. The van der Waals surface area contributed by atoms with Gasteiger partial charge in [-0.3, -0.25) is 4.79 Å². The van der Waals surface area contributed by atoms with Gasteiger partial charge >= 0.3 is 6.09 Å². The molecule has 0 aromatic heterocycles. The fourth-order valence-electron chi connectivity index (χ4n) is 3.59. The van der Waals surface area contributed by atoms with Crippen molar-refractivity contribution in [2.75, 3.05) is 6.61 Å². The van der Waals surface area contributed by atoms with E-state index in [1.165, 1.54) is 4.90 Å². The van der Waals surface area contributed by atoms with Crippen LogP contribution in [0.25, 0.3) is 6.08 Å². The topological polar surface area (TPSA) is 46.6 Å². The molecule has 1 heterocycles. The summed E-state index contributed by atoms with van der Waals surface area (Å²) < 4.78 is 5.21. The summed E-state index contributed by atoms with van der Waals surface area (Å²) >= 11 is 0. The van der Waals surface area contributed by atoms with Crippen LogP contribution in [0.3, 0.4) is 0 Å². The molecule has 0 spiro atoms. The van der Waals surface area contributed by atoms with E-state index in [-0.39, 0.29) is 24.5 Å². The van der Waals surface area contributed by atoms with Crippen LogP contribution in [0.5, 0.6) is 0 Å². The molecule has 3 rings (SSSR count). The van der Waals surface area contributed by atoms with E-state index in [0.717, 1.165) is 17.5 Å². The molecule has 4 nitrogen and oxygen atoms in total. The van der Waals surface area contributed by atoms with Crippen LogP contribution in [-0.2, 0) is 16.0 Å². The molecule has 0 unspecified atom stereocenters. The Morgan fingerprint density at radius 3 is 2.52 bits per heavy atom. The van der Waals surface area contributed by atoms with Crippen LogP contribution < -0.4 is 0 Å². The number of allylic oxidation sites excluding steroid dienone is 2. The molecular weight excluding hydrogens is 362 g/mol. The number of hydrogen-bond acceptors (Lipinski definition) is 3. The van der Waals surface area contributed by atoms with Crippen molar-refractivity contribution in [2.45, 2.75) is 31.7 Å². The molecule has 1 aliphatic rings. The van der Waals surface area contributed by atoms with Crippen molar-refractivity contribution < 1.29 is 14.3 Å². The van der Waals surface area contributed by atoms with Crippen molar-refractivity contribution >= 4 is 18.1 Å². The van der Waals surface area contributed by atoms with Crippen LogP contribution in [0.4, 0.5) is 4.79 Å². The van der Waals surface area contributed by atoms with Crippen LogP contribution in [0, 0.1) is 5.92 Å². The summed E-state index contributed by atoms with van der Waals surface area (Å²) in [7, 11) is 0. The van der Waals surface area contributed by atoms with Gasteiger partial charge in [0.15, 0.2) is 0 Å². The molecule has 2 aromatic rings. The van der Waals surface area contributed by atoms with Gasteiger partial charge in [0.2, 0.25) is 5.91 Å².